The van der Waals surface area contributed by atoms with Crippen LogP contribution in [0.25, 0.3) is 6.08 Å². The molecule has 8 heteroatoms. The zero-order valence-corrected chi connectivity index (χ0v) is 21.1. The van der Waals surface area contributed by atoms with Crippen molar-refractivity contribution in [3.05, 3.63) is 64.9 Å². The molecule has 34 heavy (non-hydrogen) atoms. The van der Waals surface area contributed by atoms with Crippen LogP contribution in [-0.2, 0) is 14.3 Å². The van der Waals surface area contributed by atoms with Crippen molar-refractivity contribution in [3.8, 4) is 5.75 Å². The van der Waals surface area contributed by atoms with Gasteiger partial charge in [-0.05, 0) is 74.2 Å². The van der Waals surface area contributed by atoms with Gasteiger partial charge in [0, 0.05) is 20.3 Å². The monoisotopic (exact) mass is 481 g/mol. The van der Waals surface area contributed by atoms with Crippen LogP contribution in [0.5, 0.6) is 5.75 Å². The molecule has 0 bridgehead atoms. The van der Waals surface area contributed by atoms with E-state index in [2.05, 4.69) is 16.4 Å². The number of amides is 2. The fourth-order valence-corrected chi connectivity index (χ4v) is 4.48. The molecule has 1 atom stereocenters. The summed E-state index contributed by atoms with van der Waals surface area (Å²) in [7, 11) is 3.24. The molecule has 1 N–H and O–H groups in total. The van der Waals surface area contributed by atoms with Gasteiger partial charge >= 0.3 is 0 Å². The van der Waals surface area contributed by atoms with Crippen molar-refractivity contribution in [3.63, 3.8) is 0 Å². The molecule has 180 valence electrons. The van der Waals surface area contributed by atoms with Crippen LogP contribution >= 0.6 is 11.8 Å². The van der Waals surface area contributed by atoms with Gasteiger partial charge in [-0.1, -0.05) is 30.0 Å². The molecule has 7 nitrogen and oxygen atoms in total. The van der Waals surface area contributed by atoms with E-state index >= 15 is 0 Å². The predicted molar refractivity (Wildman–Crippen MR) is 138 cm³/mol. The Morgan fingerprint density at radius 1 is 1.15 bits per heavy atom. The Balaban J connectivity index is 1.88. The van der Waals surface area contributed by atoms with Crippen LogP contribution < -0.4 is 15.0 Å². The van der Waals surface area contributed by atoms with E-state index in [0.29, 0.717) is 24.0 Å². The molecular weight excluding hydrogens is 450 g/mol. The molecular formula is C26H31N3O4S. The van der Waals surface area contributed by atoms with Crippen molar-refractivity contribution in [2.75, 3.05) is 32.3 Å². The van der Waals surface area contributed by atoms with Crippen molar-refractivity contribution in [1.82, 2.24) is 5.32 Å². The smallest absolute Gasteiger partial charge is 0.283 e. The summed E-state index contributed by atoms with van der Waals surface area (Å²) >= 11 is 1.27. The van der Waals surface area contributed by atoms with Gasteiger partial charge in [0.25, 0.3) is 5.91 Å². The number of nitrogens with one attached hydrogen (secondary N) is 1. The molecule has 2 aromatic rings. The number of ether oxygens (including phenoxy) is 2. The van der Waals surface area contributed by atoms with Gasteiger partial charge in [0.2, 0.25) is 5.91 Å². The molecule has 0 saturated carbocycles. The zero-order chi connectivity index (χ0) is 24.7. The average Bonchev–Trinajstić information content (AvgIpc) is 3.10. The Morgan fingerprint density at radius 2 is 1.82 bits per heavy atom. The molecule has 3 rings (SSSR count). The van der Waals surface area contributed by atoms with E-state index in [0.717, 1.165) is 34.5 Å². The Bertz CT molecular complexity index is 1080. The fraction of sp³-hybridized carbons (Fsp3) is 0.346. The van der Waals surface area contributed by atoms with Crippen molar-refractivity contribution < 1.29 is 19.1 Å². The highest BCUT2D eigenvalue weighted by molar-refractivity contribution is 8.15. The van der Waals surface area contributed by atoms with Crippen LogP contribution in [0.3, 0.4) is 0 Å². The number of carbonyl (C=O) groups is 2. The number of benzene rings is 2. The highest BCUT2D eigenvalue weighted by Gasteiger charge is 2.34. The minimum absolute atomic E-state index is 0.107. The zero-order valence-electron chi connectivity index (χ0n) is 20.3. The first kappa shape index (κ1) is 25.5. The van der Waals surface area contributed by atoms with Gasteiger partial charge in [-0.15, -0.1) is 0 Å². The standard InChI is InChI=1S/C26H31N3O4S/c1-17-13-18(2)15-21(14-17)29-25(31)23(16-20-7-9-22(33-5)10-8-20)28-26(29)34-19(3)24(30)27-11-6-12-32-4/h7-10,13-16,19H,6,11-12H2,1-5H3,(H,27,30)/b23-16-. The second-order valence-corrected chi connectivity index (χ2v) is 9.39. The largest absolute Gasteiger partial charge is 0.497 e. The number of amidine groups is 1. The summed E-state index contributed by atoms with van der Waals surface area (Å²) in [6, 6.07) is 13.4. The normalized spacial score (nSPS) is 15.4. The first-order valence-corrected chi connectivity index (χ1v) is 12.0. The number of aryl methyl sites for hydroxylation is 2. The predicted octanol–water partition coefficient (Wildman–Crippen LogP) is 4.33. The number of hydrogen-bond donors (Lipinski definition) is 1. The maximum absolute atomic E-state index is 13.5. The third-order valence-electron chi connectivity index (χ3n) is 5.19. The van der Waals surface area contributed by atoms with Crippen LogP contribution in [-0.4, -0.2) is 49.6 Å². The molecule has 2 amide bonds. The third kappa shape index (κ3) is 6.48. The number of nitrogens with zero attached hydrogens (tertiary/aromatic N) is 2. The van der Waals surface area contributed by atoms with Gasteiger partial charge in [0.1, 0.15) is 11.4 Å². The van der Waals surface area contributed by atoms with Crippen LogP contribution in [0.1, 0.15) is 30.0 Å². The van der Waals surface area contributed by atoms with Crippen LogP contribution in [0.2, 0.25) is 0 Å². The van der Waals surface area contributed by atoms with Gasteiger partial charge in [0.05, 0.1) is 18.0 Å². The van der Waals surface area contributed by atoms with Crippen molar-refractivity contribution >= 4 is 40.5 Å². The quantitative estimate of drug-likeness (QED) is 0.426. The lowest BCUT2D eigenvalue weighted by Gasteiger charge is -2.21. The lowest BCUT2D eigenvalue weighted by molar-refractivity contribution is -0.120. The number of anilines is 1. The van der Waals surface area contributed by atoms with E-state index in [4.69, 9.17) is 9.47 Å². The van der Waals surface area contributed by atoms with Crippen LogP contribution in [0, 0.1) is 13.8 Å². The van der Waals surface area contributed by atoms with Crippen LogP contribution in [0.4, 0.5) is 5.69 Å². The minimum Gasteiger partial charge on any atom is -0.497 e. The molecule has 2 aromatic carbocycles. The lowest BCUT2D eigenvalue weighted by atomic mass is 10.1. The van der Waals surface area contributed by atoms with E-state index in [1.165, 1.54) is 11.8 Å². The topological polar surface area (TPSA) is 80.2 Å². The first-order valence-electron chi connectivity index (χ1n) is 11.1. The van der Waals surface area contributed by atoms with Crippen molar-refractivity contribution in [2.45, 2.75) is 32.4 Å². The van der Waals surface area contributed by atoms with Gasteiger partial charge in [0.15, 0.2) is 5.17 Å². The number of thioether (sulfide) groups is 1. The van der Waals surface area contributed by atoms with Crippen molar-refractivity contribution in [2.24, 2.45) is 4.99 Å². The summed E-state index contributed by atoms with van der Waals surface area (Å²) in [5, 5.41) is 2.97. The number of hydrogen-bond acceptors (Lipinski definition) is 6. The SMILES string of the molecule is COCCCNC(=O)C(C)SC1=N/C(=C\c2ccc(OC)cc2)C(=O)N1c1cc(C)cc(C)c1. The highest BCUT2D eigenvalue weighted by Crippen LogP contribution is 2.32. The number of rotatable bonds is 9. The number of carbonyl (C=O) groups excluding carboxylic acids is 2. The second-order valence-electron chi connectivity index (χ2n) is 8.08. The molecule has 0 aromatic heterocycles. The Labute approximate surface area is 205 Å². The molecule has 0 spiro atoms. The summed E-state index contributed by atoms with van der Waals surface area (Å²) in [5.41, 5.74) is 3.98. The number of aliphatic imine (C=N–C) groups is 1. The molecule has 1 aliphatic rings. The maximum Gasteiger partial charge on any atom is 0.283 e. The third-order valence-corrected chi connectivity index (χ3v) is 6.24. The maximum atomic E-state index is 13.5. The van der Waals surface area contributed by atoms with E-state index in [1.54, 1.807) is 25.2 Å². The molecule has 0 saturated heterocycles. The second kappa shape index (κ2) is 11.9. The fourth-order valence-electron chi connectivity index (χ4n) is 3.52. The van der Waals surface area contributed by atoms with Crippen LogP contribution in [0.15, 0.2) is 53.2 Å². The Hall–Kier alpha value is -3.10. The summed E-state index contributed by atoms with van der Waals surface area (Å²) in [6.07, 6.45) is 2.49. The van der Waals surface area contributed by atoms with Gasteiger partial charge in [-0.3, -0.25) is 14.5 Å². The number of methoxy groups -OCH3 is 2. The van der Waals surface area contributed by atoms with Gasteiger partial charge in [-0.25, -0.2) is 4.99 Å². The average molecular weight is 482 g/mol. The van der Waals surface area contributed by atoms with E-state index in [1.807, 2.05) is 57.2 Å². The lowest BCUT2D eigenvalue weighted by Crippen LogP contribution is -2.36. The molecule has 1 aliphatic heterocycles. The Kier molecular flexibility index (Phi) is 8.90. The van der Waals surface area contributed by atoms with E-state index in [-0.39, 0.29) is 11.8 Å². The summed E-state index contributed by atoms with van der Waals surface area (Å²) in [4.78, 5) is 32.3. The molecule has 0 fully saturated rings. The van der Waals surface area contributed by atoms with E-state index in [9.17, 15) is 9.59 Å². The summed E-state index contributed by atoms with van der Waals surface area (Å²) in [6.45, 7) is 6.92. The summed E-state index contributed by atoms with van der Waals surface area (Å²) < 4.78 is 10.2. The molecule has 1 heterocycles. The first-order chi connectivity index (χ1) is 16.3. The summed E-state index contributed by atoms with van der Waals surface area (Å²) in [5.74, 6) is 0.405. The van der Waals surface area contributed by atoms with Gasteiger partial charge < -0.3 is 14.8 Å². The minimum atomic E-state index is -0.428. The van der Waals surface area contributed by atoms with Gasteiger partial charge in [-0.2, -0.15) is 0 Å². The molecule has 1 unspecified atom stereocenters. The Morgan fingerprint density at radius 3 is 2.44 bits per heavy atom. The molecule has 0 radical (unpaired) electrons. The molecule has 0 aliphatic carbocycles. The van der Waals surface area contributed by atoms with E-state index < -0.39 is 5.25 Å². The van der Waals surface area contributed by atoms with Crippen molar-refractivity contribution in [1.29, 1.82) is 0 Å². The highest BCUT2D eigenvalue weighted by atomic mass is 32.2.